The molecule has 0 aliphatic carbocycles. The first-order chi connectivity index (χ1) is 6.74. The Morgan fingerprint density at radius 1 is 1.43 bits per heavy atom. The summed E-state index contributed by atoms with van der Waals surface area (Å²) < 4.78 is 19.0. The van der Waals surface area contributed by atoms with Gasteiger partial charge in [-0.2, -0.15) is 12.6 Å². The van der Waals surface area contributed by atoms with Crippen molar-refractivity contribution in [3.8, 4) is 5.75 Å². The Morgan fingerprint density at radius 2 is 2.21 bits per heavy atom. The Labute approximate surface area is 96.5 Å². The summed E-state index contributed by atoms with van der Waals surface area (Å²) in [5.41, 5.74) is 0. The van der Waals surface area contributed by atoms with E-state index in [0.717, 1.165) is 0 Å². The lowest BCUT2D eigenvalue weighted by molar-refractivity contribution is 0.341. The molecule has 0 fully saturated rings. The van der Waals surface area contributed by atoms with Crippen molar-refractivity contribution in [1.29, 1.82) is 0 Å². The van der Waals surface area contributed by atoms with Gasteiger partial charge in [-0.15, -0.1) is 0 Å². The molecule has 0 spiro atoms. The zero-order chi connectivity index (χ0) is 10.4. The van der Waals surface area contributed by atoms with Crippen molar-refractivity contribution in [3.63, 3.8) is 0 Å². The fraction of sp³-hybridized carbons (Fsp3) is 0.200. The molecule has 0 amide bonds. The molecule has 0 aromatic heterocycles. The van der Waals surface area contributed by atoms with E-state index >= 15 is 0 Å². The second-order valence-electron chi connectivity index (χ2n) is 2.54. The number of halogens is 2. The highest BCUT2D eigenvalue weighted by molar-refractivity contribution is 9.10. The van der Waals surface area contributed by atoms with E-state index in [1.807, 2.05) is 6.08 Å². The molecule has 0 N–H and O–H groups in total. The van der Waals surface area contributed by atoms with Gasteiger partial charge < -0.3 is 4.74 Å². The molecular formula is C10H10BrFOS. The van der Waals surface area contributed by atoms with Crippen LogP contribution in [0.5, 0.6) is 5.75 Å². The molecule has 4 heteroatoms. The third-order valence-corrected chi connectivity index (χ3v) is 2.21. The van der Waals surface area contributed by atoms with Crippen LogP contribution in [-0.4, -0.2) is 12.4 Å². The summed E-state index contributed by atoms with van der Waals surface area (Å²) in [4.78, 5) is 0. The Kier molecular flexibility index (Phi) is 5.04. The summed E-state index contributed by atoms with van der Waals surface area (Å²) >= 11 is 7.16. The molecule has 1 aromatic carbocycles. The molecular weight excluding hydrogens is 267 g/mol. The van der Waals surface area contributed by atoms with Crippen LogP contribution in [0.1, 0.15) is 0 Å². The van der Waals surface area contributed by atoms with E-state index in [1.54, 1.807) is 18.2 Å². The highest BCUT2D eigenvalue weighted by Gasteiger charge is 2.01. The molecule has 0 aliphatic heterocycles. The first kappa shape index (κ1) is 11.6. The molecule has 0 radical (unpaired) electrons. The van der Waals surface area contributed by atoms with Crippen LogP contribution in [0.2, 0.25) is 0 Å². The van der Waals surface area contributed by atoms with Crippen LogP contribution in [0.3, 0.4) is 0 Å². The van der Waals surface area contributed by atoms with Crippen molar-refractivity contribution in [2.45, 2.75) is 0 Å². The smallest absolute Gasteiger partial charge is 0.166 e. The van der Waals surface area contributed by atoms with Crippen LogP contribution < -0.4 is 4.74 Å². The second-order valence-corrected chi connectivity index (χ2v) is 3.82. The SMILES string of the molecule is Fc1cc(Br)ccc1OCC=CCS. The average molecular weight is 277 g/mol. The minimum absolute atomic E-state index is 0.261. The monoisotopic (exact) mass is 276 g/mol. The molecule has 76 valence electrons. The van der Waals surface area contributed by atoms with Gasteiger partial charge in [0.1, 0.15) is 6.61 Å². The van der Waals surface area contributed by atoms with Crippen molar-refractivity contribution < 1.29 is 9.13 Å². The molecule has 0 saturated carbocycles. The maximum Gasteiger partial charge on any atom is 0.166 e. The summed E-state index contributed by atoms with van der Waals surface area (Å²) in [6.45, 7) is 0.360. The minimum Gasteiger partial charge on any atom is -0.486 e. The van der Waals surface area contributed by atoms with E-state index in [9.17, 15) is 4.39 Å². The van der Waals surface area contributed by atoms with Crippen molar-refractivity contribution in [3.05, 3.63) is 40.6 Å². The number of hydrogen-bond donors (Lipinski definition) is 1. The van der Waals surface area contributed by atoms with Gasteiger partial charge in [0.15, 0.2) is 11.6 Å². The molecule has 0 saturated heterocycles. The molecule has 0 aliphatic rings. The maximum absolute atomic E-state index is 13.2. The zero-order valence-corrected chi connectivity index (χ0v) is 9.89. The number of ether oxygens (including phenoxy) is 1. The average Bonchev–Trinajstić information content (AvgIpc) is 2.15. The lowest BCUT2D eigenvalue weighted by Crippen LogP contribution is -1.95. The van der Waals surface area contributed by atoms with E-state index in [2.05, 4.69) is 28.6 Å². The van der Waals surface area contributed by atoms with Crippen molar-refractivity contribution in [2.24, 2.45) is 0 Å². The van der Waals surface area contributed by atoms with Gasteiger partial charge in [-0.1, -0.05) is 28.1 Å². The third kappa shape index (κ3) is 3.72. The van der Waals surface area contributed by atoms with Crippen LogP contribution in [0.4, 0.5) is 4.39 Å². The van der Waals surface area contributed by atoms with Crippen LogP contribution >= 0.6 is 28.6 Å². The normalized spacial score (nSPS) is 10.8. The second kappa shape index (κ2) is 6.09. The molecule has 1 rings (SSSR count). The van der Waals surface area contributed by atoms with Gasteiger partial charge in [-0.05, 0) is 18.2 Å². The van der Waals surface area contributed by atoms with Crippen molar-refractivity contribution in [1.82, 2.24) is 0 Å². The van der Waals surface area contributed by atoms with Crippen LogP contribution in [-0.2, 0) is 0 Å². The summed E-state index contributed by atoms with van der Waals surface area (Å²) in [5.74, 6) is 0.558. The van der Waals surface area contributed by atoms with E-state index < -0.39 is 0 Å². The standard InChI is InChI=1S/C10H10BrFOS/c11-8-3-4-10(9(12)7-8)13-5-1-2-6-14/h1-4,7,14H,5-6H2. The highest BCUT2D eigenvalue weighted by Crippen LogP contribution is 2.21. The first-order valence-corrected chi connectivity index (χ1v) is 5.50. The largest absolute Gasteiger partial charge is 0.486 e. The van der Waals surface area contributed by atoms with Crippen LogP contribution in [0, 0.1) is 5.82 Å². The summed E-state index contributed by atoms with van der Waals surface area (Å²) in [5, 5.41) is 0. The van der Waals surface area contributed by atoms with Gasteiger partial charge in [0, 0.05) is 10.2 Å². The zero-order valence-electron chi connectivity index (χ0n) is 7.41. The van der Waals surface area contributed by atoms with Gasteiger partial charge >= 0.3 is 0 Å². The van der Waals surface area contributed by atoms with Crippen LogP contribution in [0.25, 0.3) is 0 Å². The Balaban J connectivity index is 2.55. The maximum atomic E-state index is 13.2. The van der Waals surface area contributed by atoms with Gasteiger partial charge in [-0.3, -0.25) is 0 Å². The molecule has 1 aromatic rings. The predicted molar refractivity (Wildman–Crippen MR) is 62.6 cm³/mol. The van der Waals surface area contributed by atoms with E-state index in [1.165, 1.54) is 6.07 Å². The molecule has 0 heterocycles. The highest BCUT2D eigenvalue weighted by atomic mass is 79.9. The number of thiol groups is 1. The predicted octanol–water partition coefficient (Wildman–Crippen LogP) is 3.45. The van der Waals surface area contributed by atoms with Gasteiger partial charge in [0.2, 0.25) is 0 Å². The molecule has 0 bridgehead atoms. The van der Waals surface area contributed by atoms with Gasteiger partial charge in [0.05, 0.1) is 0 Å². The van der Waals surface area contributed by atoms with Gasteiger partial charge in [0.25, 0.3) is 0 Å². The first-order valence-electron chi connectivity index (χ1n) is 4.07. The Bertz CT molecular complexity index is 328. The lowest BCUT2D eigenvalue weighted by Gasteiger charge is -2.04. The van der Waals surface area contributed by atoms with Crippen LogP contribution in [0.15, 0.2) is 34.8 Å². The number of hydrogen-bond acceptors (Lipinski definition) is 2. The minimum atomic E-state index is -0.362. The quantitative estimate of drug-likeness (QED) is 0.655. The Morgan fingerprint density at radius 3 is 2.86 bits per heavy atom. The number of rotatable bonds is 4. The summed E-state index contributed by atoms with van der Waals surface area (Å²) in [7, 11) is 0. The Hall–Kier alpha value is -0.480. The molecule has 1 nitrogen and oxygen atoms in total. The fourth-order valence-electron chi connectivity index (χ4n) is 0.873. The topological polar surface area (TPSA) is 9.23 Å². The van der Waals surface area contributed by atoms with Crippen molar-refractivity contribution in [2.75, 3.05) is 12.4 Å². The van der Waals surface area contributed by atoms with Crippen molar-refractivity contribution >= 4 is 28.6 Å². The number of benzene rings is 1. The fourth-order valence-corrected chi connectivity index (χ4v) is 1.35. The summed E-state index contributed by atoms with van der Waals surface area (Å²) in [6.07, 6.45) is 3.65. The lowest BCUT2D eigenvalue weighted by atomic mass is 10.3. The van der Waals surface area contributed by atoms with E-state index in [4.69, 9.17) is 4.74 Å². The molecule has 0 atom stereocenters. The molecule has 14 heavy (non-hydrogen) atoms. The van der Waals surface area contributed by atoms with Gasteiger partial charge in [-0.25, -0.2) is 4.39 Å². The summed E-state index contributed by atoms with van der Waals surface area (Å²) in [6, 6.07) is 4.70. The van der Waals surface area contributed by atoms with E-state index in [0.29, 0.717) is 16.8 Å². The third-order valence-electron chi connectivity index (χ3n) is 1.50. The molecule has 0 unspecified atom stereocenters. The van der Waals surface area contributed by atoms with E-state index in [-0.39, 0.29) is 11.6 Å².